The van der Waals surface area contributed by atoms with Crippen LogP contribution in [0.3, 0.4) is 0 Å². The van der Waals surface area contributed by atoms with E-state index in [0.717, 1.165) is 11.6 Å². The van der Waals surface area contributed by atoms with Gasteiger partial charge in [-0.25, -0.2) is 9.59 Å². The van der Waals surface area contributed by atoms with Crippen molar-refractivity contribution in [3.8, 4) is 6.07 Å². The minimum Gasteiger partial charge on any atom is -0.478 e. The average molecular weight is 370 g/mol. The van der Waals surface area contributed by atoms with Gasteiger partial charge in [0, 0.05) is 11.4 Å². The van der Waals surface area contributed by atoms with E-state index in [4.69, 9.17) is 15.5 Å². The molecular formula is C18H14N2O5S. The number of rotatable bonds is 7. The average Bonchev–Trinajstić information content (AvgIpc) is 2.61. The van der Waals surface area contributed by atoms with Crippen molar-refractivity contribution in [2.75, 3.05) is 11.1 Å². The monoisotopic (exact) mass is 370 g/mol. The maximum absolute atomic E-state index is 12.0. The molecule has 0 fully saturated rings. The van der Waals surface area contributed by atoms with Crippen molar-refractivity contribution in [1.29, 1.82) is 5.26 Å². The van der Waals surface area contributed by atoms with Gasteiger partial charge in [0.25, 0.3) is 0 Å². The molecule has 0 heterocycles. The number of carbonyl (C=O) groups is 3. The molecule has 0 unspecified atom stereocenters. The van der Waals surface area contributed by atoms with Gasteiger partial charge < -0.3 is 15.5 Å². The quantitative estimate of drug-likeness (QED) is 0.684. The summed E-state index contributed by atoms with van der Waals surface area (Å²) in [6.07, 6.45) is 0. The molecular weight excluding hydrogens is 356 g/mol. The summed E-state index contributed by atoms with van der Waals surface area (Å²) in [5.41, 5.74) is 1.20. The third kappa shape index (κ3) is 5.36. The molecule has 0 radical (unpaired) electrons. The second-order valence-corrected chi connectivity index (χ2v) is 6.24. The van der Waals surface area contributed by atoms with Crippen molar-refractivity contribution in [2.45, 2.75) is 5.75 Å². The molecule has 132 valence electrons. The molecule has 8 heteroatoms. The van der Waals surface area contributed by atoms with E-state index in [1.807, 2.05) is 6.07 Å². The van der Waals surface area contributed by atoms with E-state index >= 15 is 0 Å². The molecule has 0 spiro atoms. The first-order valence-corrected chi connectivity index (χ1v) is 8.53. The molecule has 3 N–H and O–H groups in total. The Labute approximate surface area is 153 Å². The van der Waals surface area contributed by atoms with E-state index in [0.29, 0.717) is 11.3 Å². The Balaban J connectivity index is 1.95. The number of carbonyl (C=O) groups excluding carboxylic acids is 1. The van der Waals surface area contributed by atoms with Gasteiger partial charge in [0.05, 0.1) is 28.5 Å². The molecule has 0 bridgehead atoms. The Morgan fingerprint density at radius 2 is 1.58 bits per heavy atom. The summed E-state index contributed by atoms with van der Waals surface area (Å²) in [5, 5.41) is 29.3. The molecule has 2 rings (SSSR count). The number of nitrogens with one attached hydrogen (secondary N) is 1. The second kappa shape index (κ2) is 8.69. The highest BCUT2D eigenvalue weighted by Crippen LogP contribution is 2.17. The number of benzene rings is 2. The molecule has 2 aromatic rings. The zero-order valence-electron chi connectivity index (χ0n) is 13.4. The largest absolute Gasteiger partial charge is 0.478 e. The van der Waals surface area contributed by atoms with Crippen LogP contribution in [0.2, 0.25) is 0 Å². The summed E-state index contributed by atoms with van der Waals surface area (Å²) in [7, 11) is 0. The van der Waals surface area contributed by atoms with Crippen LogP contribution in [-0.4, -0.2) is 33.8 Å². The summed E-state index contributed by atoms with van der Waals surface area (Å²) in [6, 6.07) is 12.5. The van der Waals surface area contributed by atoms with E-state index in [2.05, 4.69) is 5.32 Å². The van der Waals surface area contributed by atoms with Gasteiger partial charge >= 0.3 is 11.9 Å². The molecule has 26 heavy (non-hydrogen) atoms. The number of carboxylic acids is 2. The predicted molar refractivity (Wildman–Crippen MR) is 96.3 cm³/mol. The van der Waals surface area contributed by atoms with Gasteiger partial charge in [-0.05, 0) is 35.9 Å². The first-order chi connectivity index (χ1) is 12.4. The highest BCUT2D eigenvalue weighted by Gasteiger charge is 2.13. The van der Waals surface area contributed by atoms with Gasteiger partial charge in [0.1, 0.15) is 0 Å². The molecule has 0 aliphatic heterocycles. The predicted octanol–water partition coefficient (Wildman–Crippen LogP) is 2.83. The zero-order chi connectivity index (χ0) is 19.1. The number of hydrogen-bond donors (Lipinski definition) is 3. The van der Waals surface area contributed by atoms with Crippen molar-refractivity contribution in [3.05, 3.63) is 64.7 Å². The van der Waals surface area contributed by atoms with Crippen molar-refractivity contribution in [1.82, 2.24) is 0 Å². The van der Waals surface area contributed by atoms with E-state index < -0.39 is 11.9 Å². The van der Waals surface area contributed by atoms with Gasteiger partial charge in [-0.2, -0.15) is 5.26 Å². The molecule has 0 saturated heterocycles. The molecule has 0 saturated carbocycles. The number of aromatic carboxylic acids is 2. The summed E-state index contributed by atoms with van der Waals surface area (Å²) in [5.74, 6) is -2.26. The Morgan fingerprint density at radius 3 is 2.08 bits per heavy atom. The zero-order valence-corrected chi connectivity index (χ0v) is 14.2. The SMILES string of the molecule is N#Cc1ccc(CSCC(=O)Nc2cc(C(=O)O)cc(C(=O)O)c2)cc1. The van der Waals surface area contributed by atoms with Gasteiger partial charge in [0.2, 0.25) is 5.91 Å². The fourth-order valence-electron chi connectivity index (χ4n) is 2.08. The van der Waals surface area contributed by atoms with E-state index in [1.54, 1.807) is 24.3 Å². The lowest BCUT2D eigenvalue weighted by Gasteiger charge is -2.08. The third-order valence-electron chi connectivity index (χ3n) is 3.30. The molecule has 1 amide bonds. The van der Waals surface area contributed by atoms with Crippen LogP contribution in [0.1, 0.15) is 31.8 Å². The van der Waals surface area contributed by atoms with Crippen LogP contribution in [0, 0.1) is 11.3 Å². The minimum atomic E-state index is -1.28. The first-order valence-electron chi connectivity index (χ1n) is 7.37. The molecule has 0 aromatic heterocycles. The highest BCUT2D eigenvalue weighted by molar-refractivity contribution is 7.99. The van der Waals surface area contributed by atoms with Crippen LogP contribution in [-0.2, 0) is 10.5 Å². The van der Waals surface area contributed by atoms with Crippen LogP contribution in [0.5, 0.6) is 0 Å². The van der Waals surface area contributed by atoms with Crippen molar-refractivity contribution >= 4 is 35.3 Å². The number of thioether (sulfide) groups is 1. The Bertz CT molecular complexity index is 855. The molecule has 7 nitrogen and oxygen atoms in total. The highest BCUT2D eigenvalue weighted by atomic mass is 32.2. The topological polar surface area (TPSA) is 127 Å². The molecule has 0 aliphatic rings. The number of amides is 1. The fourth-order valence-corrected chi connectivity index (χ4v) is 2.87. The lowest BCUT2D eigenvalue weighted by atomic mass is 10.1. The van der Waals surface area contributed by atoms with E-state index in [1.165, 1.54) is 23.9 Å². The normalized spacial score (nSPS) is 9.96. The Morgan fingerprint density at radius 1 is 1.00 bits per heavy atom. The number of hydrogen-bond acceptors (Lipinski definition) is 5. The van der Waals surface area contributed by atoms with Crippen LogP contribution >= 0.6 is 11.8 Å². The van der Waals surface area contributed by atoms with E-state index in [9.17, 15) is 14.4 Å². The number of nitrogens with zero attached hydrogens (tertiary/aromatic N) is 1. The Kier molecular flexibility index (Phi) is 6.36. The van der Waals surface area contributed by atoms with Crippen molar-refractivity contribution < 1.29 is 24.6 Å². The standard InChI is InChI=1S/C18H14N2O5S/c19-8-11-1-3-12(4-2-11)9-26-10-16(21)20-15-6-13(17(22)23)5-14(7-15)18(24)25/h1-7H,9-10H2,(H,20,21)(H,22,23)(H,24,25). The van der Waals surface area contributed by atoms with Gasteiger partial charge in [-0.1, -0.05) is 12.1 Å². The Hall–Kier alpha value is -3.31. The van der Waals surface area contributed by atoms with Gasteiger partial charge in [-0.15, -0.1) is 11.8 Å². The lowest BCUT2D eigenvalue weighted by Crippen LogP contribution is -2.15. The maximum atomic E-state index is 12.0. The molecule has 2 aromatic carbocycles. The number of anilines is 1. The van der Waals surface area contributed by atoms with Gasteiger partial charge in [0.15, 0.2) is 0 Å². The summed E-state index contributed by atoms with van der Waals surface area (Å²) < 4.78 is 0. The molecule has 0 aliphatic carbocycles. The lowest BCUT2D eigenvalue weighted by molar-refractivity contribution is -0.113. The third-order valence-corrected chi connectivity index (χ3v) is 4.30. The summed E-state index contributed by atoms with van der Waals surface area (Å²) >= 11 is 1.34. The van der Waals surface area contributed by atoms with Crippen LogP contribution in [0.25, 0.3) is 0 Å². The smallest absolute Gasteiger partial charge is 0.335 e. The van der Waals surface area contributed by atoms with Gasteiger partial charge in [-0.3, -0.25) is 4.79 Å². The van der Waals surface area contributed by atoms with E-state index in [-0.39, 0.29) is 28.5 Å². The summed E-state index contributed by atoms with van der Waals surface area (Å²) in [4.78, 5) is 34.1. The van der Waals surface area contributed by atoms with Crippen molar-refractivity contribution in [2.24, 2.45) is 0 Å². The second-order valence-electron chi connectivity index (χ2n) is 5.26. The number of carboxylic acid groups (broad SMARTS) is 2. The fraction of sp³-hybridized carbons (Fsp3) is 0.111. The minimum absolute atomic E-state index is 0.111. The molecule has 0 atom stereocenters. The first kappa shape index (κ1) is 19.0. The van der Waals surface area contributed by atoms with Crippen LogP contribution < -0.4 is 5.32 Å². The van der Waals surface area contributed by atoms with Crippen molar-refractivity contribution in [3.63, 3.8) is 0 Å². The van der Waals surface area contributed by atoms with Crippen LogP contribution in [0.15, 0.2) is 42.5 Å². The maximum Gasteiger partial charge on any atom is 0.335 e. The summed E-state index contributed by atoms with van der Waals surface area (Å²) in [6.45, 7) is 0. The van der Waals surface area contributed by atoms with Crippen LogP contribution in [0.4, 0.5) is 5.69 Å². The number of nitriles is 1.